The van der Waals surface area contributed by atoms with E-state index < -0.39 is 12.5 Å². The van der Waals surface area contributed by atoms with Crippen molar-refractivity contribution in [3.05, 3.63) is 76.7 Å². The van der Waals surface area contributed by atoms with Crippen LogP contribution in [0.4, 0.5) is 14.5 Å². The van der Waals surface area contributed by atoms with E-state index in [1.54, 1.807) is 43.3 Å². The molecule has 2 aromatic carbocycles. The van der Waals surface area contributed by atoms with Crippen molar-refractivity contribution >= 4 is 23.2 Å². The molecule has 1 aromatic heterocycles. The molecule has 3 rings (SSSR count). The number of furan rings is 1. The molecule has 0 saturated carbocycles. The molecule has 5 nitrogen and oxygen atoms in total. The molecule has 0 bridgehead atoms. The third-order valence-corrected chi connectivity index (χ3v) is 4.00. The van der Waals surface area contributed by atoms with E-state index in [-0.39, 0.29) is 23.8 Å². The Morgan fingerprint density at radius 3 is 2.68 bits per heavy atom. The lowest BCUT2D eigenvalue weighted by Crippen LogP contribution is -2.13. The number of hydrogen-bond donors (Lipinski definition) is 1. The van der Waals surface area contributed by atoms with Crippen LogP contribution in [0.2, 0.25) is 5.02 Å². The third-order valence-electron chi connectivity index (χ3n) is 3.69. The van der Waals surface area contributed by atoms with Crippen molar-refractivity contribution in [3.63, 3.8) is 0 Å². The van der Waals surface area contributed by atoms with Gasteiger partial charge in [0.05, 0.1) is 10.7 Å². The van der Waals surface area contributed by atoms with Gasteiger partial charge in [0, 0.05) is 0 Å². The van der Waals surface area contributed by atoms with Gasteiger partial charge in [0.2, 0.25) is 0 Å². The quantitative estimate of drug-likeness (QED) is 0.547. The Labute approximate surface area is 164 Å². The minimum atomic E-state index is -3.00. The van der Waals surface area contributed by atoms with Crippen molar-refractivity contribution in [2.24, 2.45) is 0 Å². The summed E-state index contributed by atoms with van der Waals surface area (Å²) in [5.41, 5.74) is 0.890. The molecular formula is C20H16ClF2NO4. The van der Waals surface area contributed by atoms with Gasteiger partial charge in [-0.3, -0.25) is 4.79 Å². The van der Waals surface area contributed by atoms with Crippen LogP contribution in [-0.2, 0) is 6.61 Å². The first-order valence-electron chi connectivity index (χ1n) is 8.25. The first-order valence-corrected chi connectivity index (χ1v) is 8.63. The van der Waals surface area contributed by atoms with E-state index in [0.29, 0.717) is 16.5 Å². The Morgan fingerprint density at radius 2 is 1.93 bits per heavy atom. The first kappa shape index (κ1) is 19.7. The summed E-state index contributed by atoms with van der Waals surface area (Å²) < 4.78 is 40.5. The molecular weight excluding hydrogens is 392 g/mol. The number of benzene rings is 2. The van der Waals surface area contributed by atoms with E-state index in [4.69, 9.17) is 20.8 Å². The standard InChI is InChI=1S/C20H16ClF2NO4/c1-12-6-8-17(28-20(22)23)15(10-12)24-19(25)18-9-7-13(27-18)11-26-16-5-3-2-4-14(16)21/h2-10,20H,11H2,1H3,(H,24,25). The molecule has 0 aliphatic carbocycles. The number of amides is 1. The molecule has 0 saturated heterocycles. The maximum absolute atomic E-state index is 12.5. The number of aryl methyl sites for hydroxylation is 1. The average Bonchev–Trinajstić information content (AvgIpc) is 3.12. The number of anilines is 1. The number of rotatable bonds is 7. The Balaban J connectivity index is 1.68. The zero-order chi connectivity index (χ0) is 20.1. The summed E-state index contributed by atoms with van der Waals surface area (Å²) in [7, 11) is 0. The van der Waals surface area contributed by atoms with Crippen molar-refractivity contribution in [3.8, 4) is 11.5 Å². The van der Waals surface area contributed by atoms with Crippen LogP contribution in [0.1, 0.15) is 21.9 Å². The van der Waals surface area contributed by atoms with Gasteiger partial charge >= 0.3 is 6.61 Å². The van der Waals surface area contributed by atoms with E-state index in [1.807, 2.05) is 0 Å². The fraction of sp³-hybridized carbons (Fsp3) is 0.150. The average molecular weight is 408 g/mol. The highest BCUT2D eigenvalue weighted by molar-refractivity contribution is 6.32. The molecule has 0 unspecified atom stereocenters. The van der Waals surface area contributed by atoms with Crippen LogP contribution in [0.25, 0.3) is 0 Å². The molecule has 3 aromatic rings. The molecule has 0 fully saturated rings. The second-order valence-corrected chi connectivity index (χ2v) is 6.22. The van der Waals surface area contributed by atoms with E-state index in [9.17, 15) is 13.6 Å². The minimum Gasteiger partial charge on any atom is -0.484 e. The monoisotopic (exact) mass is 407 g/mol. The van der Waals surface area contributed by atoms with Crippen LogP contribution >= 0.6 is 11.6 Å². The van der Waals surface area contributed by atoms with Gasteiger partial charge in [-0.15, -0.1) is 0 Å². The smallest absolute Gasteiger partial charge is 0.387 e. The van der Waals surface area contributed by atoms with Gasteiger partial charge < -0.3 is 19.2 Å². The largest absolute Gasteiger partial charge is 0.484 e. The number of nitrogens with one attached hydrogen (secondary N) is 1. The molecule has 8 heteroatoms. The lowest BCUT2D eigenvalue weighted by Gasteiger charge is -2.12. The van der Waals surface area contributed by atoms with Gasteiger partial charge in [-0.05, 0) is 48.9 Å². The Hall–Kier alpha value is -3.06. The SMILES string of the molecule is Cc1ccc(OC(F)F)c(NC(=O)c2ccc(COc3ccccc3Cl)o2)c1. The Morgan fingerprint density at radius 1 is 1.14 bits per heavy atom. The molecule has 146 valence electrons. The second kappa shape index (κ2) is 8.75. The van der Waals surface area contributed by atoms with E-state index >= 15 is 0 Å². The summed E-state index contributed by atoms with van der Waals surface area (Å²) >= 11 is 6.01. The predicted octanol–water partition coefficient (Wildman–Crippen LogP) is 5.67. The zero-order valence-corrected chi connectivity index (χ0v) is 15.5. The number of ether oxygens (including phenoxy) is 2. The van der Waals surface area contributed by atoms with Crippen molar-refractivity contribution in [2.75, 3.05) is 5.32 Å². The number of carbonyl (C=O) groups is 1. The fourth-order valence-electron chi connectivity index (χ4n) is 2.41. The van der Waals surface area contributed by atoms with Gasteiger partial charge in [-0.1, -0.05) is 29.8 Å². The van der Waals surface area contributed by atoms with Crippen LogP contribution in [0, 0.1) is 6.92 Å². The summed E-state index contributed by atoms with van der Waals surface area (Å²) in [6.07, 6.45) is 0. The Bertz CT molecular complexity index is 974. The third kappa shape index (κ3) is 5.01. The molecule has 0 atom stereocenters. The lowest BCUT2D eigenvalue weighted by atomic mass is 10.2. The van der Waals surface area contributed by atoms with E-state index in [1.165, 1.54) is 18.2 Å². The van der Waals surface area contributed by atoms with Crippen LogP contribution in [0.3, 0.4) is 0 Å². The molecule has 0 aliphatic rings. The summed E-state index contributed by atoms with van der Waals surface area (Å²) in [5, 5.41) is 2.97. The number of alkyl halides is 2. The highest BCUT2D eigenvalue weighted by Gasteiger charge is 2.16. The number of para-hydroxylation sites is 1. The van der Waals surface area contributed by atoms with Gasteiger partial charge in [-0.25, -0.2) is 0 Å². The summed E-state index contributed by atoms with van der Waals surface area (Å²) in [6, 6.07) is 14.5. The fourth-order valence-corrected chi connectivity index (χ4v) is 2.60. The molecule has 0 aliphatic heterocycles. The van der Waals surface area contributed by atoms with E-state index in [0.717, 1.165) is 5.56 Å². The molecule has 1 heterocycles. The molecule has 0 radical (unpaired) electrons. The van der Waals surface area contributed by atoms with Crippen molar-refractivity contribution in [1.29, 1.82) is 0 Å². The summed E-state index contributed by atoms with van der Waals surface area (Å²) in [6.45, 7) is -1.17. The summed E-state index contributed by atoms with van der Waals surface area (Å²) in [5.74, 6) is 0.150. The molecule has 0 spiro atoms. The maximum Gasteiger partial charge on any atom is 0.387 e. The molecule has 1 N–H and O–H groups in total. The van der Waals surface area contributed by atoms with Crippen LogP contribution in [0.5, 0.6) is 11.5 Å². The van der Waals surface area contributed by atoms with Gasteiger partial charge in [-0.2, -0.15) is 8.78 Å². The van der Waals surface area contributed by atoms with Crippen molar-refractivity contribution < 1.29 is 27.5 Å². The maximum atomic E-state index is 12.5. The number of hydrogen-bond acceptors (Lipinski definition) is 4. The highest BCUT2D eigenvalue weighted by atomic mass is 35.5. The number of carbonyl (C=O) groups excluding carboxylic acids is 1. The normalized spacial score (nSPS) is 10.8. The first-order chi connectivity index (χ1) is 13.4. The number of halogens is 3. The topological polar surface area (TPSA) is 60.7 Å². The predicted molar refractivity (Wildman–Crippen MR) is 100 cm³/mol. The van der Waals surface area contributed by atoms with Crippen molar-refractivity contribution in [1.82, 2.24) is 0 Å². The highest BCUT2D eigenvalue weighted by Crippen LogP contribution is 2.28. The van der Waals surface area contributed by atoms with Gasteiger partial charge in [0.1, 0.15) is 23.9 Å². The van der Waals surface area contributed by atoms with Crippen LogP contribution in [0.15, 0.2) is 59.0 Å². The lowest BCUT2D eigenvalue weighted by molar-refractivity contribution is -0.0493. The zero-order valence-electron chi connectivity index (χ0n) is 14.7. The minimum absolute atomic E-state index is 0.00209. The van der Waals surface area contributed by atoms with E-state index in [2.05, 4.69) is 10.1 Å². The molecule has 1 amide bonds. The van der Waals surface area contributed by atoms with Gasteiger partial charge in [0.25, 0.3) is 5.91 Å². The van der Waals surface area contributed by atoms with Crippen LogP contribution in [-0.4, -0.2) is 12.5 Å². The van der Waals surface area contributed by atoms with Crippen molar-refractivity contribution in [2.45, 2.75) is 20.1 Å². The summed E-state index contributed by atoms with van der Waals surface area (Å²) in [4.78, 5) is 12.4. The van der Waals surface area contributed by atoms with Gasteiger partial charge in [0.15, 0.2) is 5.76 Å². The Kier molecular flexibility index (Phi) is 6.16. The van der Waals surface area contributed by atoms with Crippen LogP contribution < -0.4 is 14.8 Å². The molecule has 28 heavy (non-hydrogen) atoms. The second-order valence-electron chi connectivity index (χ2n) is 5.82.